The highest BCUT2D eigenvalue weighted by Gasteiger charge is 2.22. The maximum Gasteiger partial charge on any atom is 0.328 e. The lowest BCUT2D eigenvalue weighted by Gasteiger charge is -2.11. The van der Waals surface area contributed by atoms with Gasteiger partial charge in [-0.3, -0.25) is 19.2 Å². The monoisotopic (exact) mass is 261 g/mol. The van der Waals surface area contributed by atoms with Gasteiger partial charge in [0, 0.05) is 6.42 Å². The lowest BCUT2D eigenvalue weighted by atomic mass is 10.1. The maximum atomic E-state index is 11.3. The number of nitrogens with one attached hydrogen (secondary N) is 1. The molecule has 0 aromatic heterocycles. The van der Waals surface area contributed by atoms with Crippen LogP contribution in [-0.2, 0) is 19.2 Å². The fourth-order valence-electron chi connectivity index (χ4n) is 0.963. The van der Waals surface area contributed by atoms with Crippen LogP contribution in [0.5, 0.6) is 0 Å². The number of carbonyl (C=O) groups is 4. The first-order valence-corrected chi connectivity index (χ1v) is 5.02. The van der Waals surface area contributed by atoms with Gasteiger partial charge in [0.25, 0.3) is 0 Å². The van der Waals surface area contributed by atoms with Crippen LogP contribution >= 0.6 is 0 Å². The summed E-state index contributed by atoms with van der Waals surface area (Å²) in [7, 11) is 0. The fraction of sp³-hybridized carbons (Fsp3) is 0.556. The van der Waals surface area contributed by atoms with Crippen LogP contribution in [0.25, 0.3) is 0 Å². The molecule has 0 saturated carbocycles. The van der Waals surface area contributed by atoms with Gasteiger partial charge in [-0.25, -0.2) is 0 Å². The van der Waals surface area contributed by atoms with E-state index in [2.05, 4.69) is 5.32 Å². The highest BCUT2D eigenvalue weighted by molar-refractivity contribution is 6.04. The van der Waals surface area contributed by atoms with Crippen molar-refractivity contribution in [2.45, 2.75) is 24.9 Å². The zero-order valence-corrected chi connectivity index (χ0v) is 9.46. The summed E-state index contributed by atoms with van der Waals surface area (Å²) in [5, 5.41) is 18.9. The first-order chi connectivity index (χ1) is 8.25. The highest BCUT2D eigenvalue weighted by Crippen LogP contribution is 1.94. The number of hydrogen-bond acceptors (Lipinski definition) is 6. The van der Waals surface area contributed by atoms with Gasteiger partial charge >= 0.3 is 11.9 Å². The molecule has 0 aliphatic heterocycles. The Hall–Kier alpha value is -2.00. The van der Waals surface area contributed by atoms with Crippen molar-refractivity contribution in [2.24, 2.45) is 11.5 Å². The SMILES string of the molecule is NC(CCC(=O)O)C(=O)NCC(=O)C(N)C(=O)O. The third-order valence-electron chi connectivity index (χ3n) is 2.06. The van der Waals surface area contributed by atoms with E-state index in [1.165, 1.54) is 0 Å². The van der Waals surface area contributed by atoms with Crippen molar-refractivity contribution < 1.29 is 29.4 Å². The van der Waals surface area contributed by atoms with Crippen LogP contribution in [0.3, 0.4) is 0 Å². The molecule has 0 aliphatic carbocycles. The Balaban J connectivity index is 4.06. The topological polar surface area (TPSA) is 173 Å². The van der Waals surface area contributed by atoms with Crippen LogP contribution in [0.4, 0.5) is 0 Å². The Labute approximate surface area is 102 Å². The van der Waals surface area contributed by atoms with Gasteiger partial charge in [-0.15, -0.1) is 0 Å². The van der Waals surface area contributed by atoms with Gasteiger partial charge in [0.1, 0.15) is 0 Å². The van der Waals surface area contributed by atoms with Crippen molar-refractivity contribution in [3.63, 3.8) is 0 Å². The molecule has 0 aliphatic rings. The molecule has 0 fully saturated rings. The van der Waals surface area contributed by atoms with Gasteiger partial charge in [0.2, 0.25) is 5.91 Å². The van der Waals surface area contributed by atoms with Crippen LogP contribution in [0.1, 0.15) is 12.8 Å². The standard InChI is InChI=1S/C9H15N3O6/c10-4(1-2-6(14)15)8(16)12-3-5(13)7(11)9(17)18/h4,7H,1-3,10-11H2,(H,12,16)(H,14,15)(H,17,18). The molecule has 0 aromatic rings. The summed E-state index contributed by atoms with van der Waals surface area (Å²) in [6, 6.07) is -2.78. The number of carboxylic acids is 2. The second-order valence-electron chi connectivity index (χ2n) is 3.54. The molecule has 7 N–H and O–H groups in total. The molecule has 0 radical (unpaired) electrons. The van der Waals surface area contributed by atoms with Crippen LogP contribution in [0.2, 0.25) is 0 Å². The molecule has 0 saturated heterocycles. The lowest BCUT2D eigenvalue weighted by molar-refractivity contribution is -0.143. The molecule has 9 nitrogen and oxygen atoms in total. The Kier molecular flexibility index (Phi) is 6.53. The fourth-order valence-corrected chi connectivity index (χ4v) is 0.963. The number of rotatable bonds is 8. The summed E-state index contributed by atoms with van der Waals surface area (Å²) >= 11 is 0. The van der Waals surface area contributed by atoms with E-state index in [1.54, 1.807) is 0 Å². The van der Waals surface area contributed by atoms with Crippen LogP contribution in [0, 0.1) is 0 Å². The van der Waals surface area contributed by atoms with Gasteiger partial charge in [-0.05, 0) is 6.42 Å². The Morgan fingerprint density at radius 1 is 1.11 bits per heavy atom. The number of hydrogen-bond donors (Lipinski definition) is 5. The third kappa shape index (κ3) is 5.92. The van der Waals surface area contributed by atoms with Gasteiger partial charge in [-0.1, -0.05) is 0 Å². The van der Waals surface area contributed by atoms with E-state index in [4.69, 9.17) is 21.7 Å². The number of carbonyl (C=O) groups excluding carboxylic acids is 2. The molecule has 0 heterocycles. The highest BCUT2D eigenvalue weighted by atomic mass is 16.4. The lowest BCUT2D eigenvalue weighted by Crippen LogP contribution is -2.48. The number of nitrogens with two attached hydrogens (primary N) is 2. The molecule has 102 valence electrons. The molecule has 0 rings (SSSR count). The first-order valence-electron chi connectivity index (χ1n) is 5.02. The molecule has 0 bridgehead atoms. The van der Waals surface area contributed by atoms with E-state index in [-0.39, 0.29) is 12.8 Å². The van der Waals surface area contributed by atoms with E-state index in [1.807, 2.05) is 0 Å². The molecule has 9 heteroatoms. The summed E-state index contributed by atoms with van der Waals surface area (Å²) in [6.07, 6.45) is -0.364. The van der Waals surface area contributed by atoms with E-state index in [0.29, 0.717) is 0 Å². The Bertz CT molecular complexity index is 356. The average Bonchev–Trinajstić information content (AvgIpc) is 2.30. The van der Waals surface area contributed by atoms with Gasteiger partial charge in [0.05, 0.1) is 12.6 Å². The Morgan fingerprint density at radius 2 is 1.67 bits per heavy atom. The van der Waals surface area contributed by atoms with Gasteiger partial charge in [-0.2, -0.15) is 0 Å². The quantitative estimate of drug-likeness (QED) is 0.293. The van der Waals surface area contributed by atoms with Crippen LogP contribution < -0.4 is 16.8 Å². The molecule has 0 aromatic carbocycles. The van der Waals surface area contributed by atoms with Crippen LogP contribution in [-0.4, -0.2) is 52.5 Å². The number of ketones is 1. The zero-order valence-electron chi connectivity index (χ0n) is 9.46. The van der Waals surface area contributed by atoms with Crippen molar-refractivity contribution in [3.05, 3.63) is 0 Å². The van der Waals surface area contributed by atoms with E-state index < -0.39 is 42.3 Å². The van der Waals surface area contributed by atoms with Gasteiger partial charge in [0.15, 0.2) is 11.8 Å². The van der Waals surface area contributed by atoms with E-state index in [0.717, 1.165) is 0 Å². The second-order valence-corrected chi connectivity index (χ2v) is 3.54. The predicted molar refractivity (Wildman–Crippen MR) is 58.5 cm³/mol. The van der Waals surface area contributed by atoms with Crippen molar-refractivity contribution in [2.75, 3.05) is 6.54 Å². The zero-order chi connectivity index (χ0) is 14.3. The summed E-state index contributed by atoms with van der Waals surface area (Å²) in [5.41, 5.74) is 10.4. The molecule has 2 unspecified atom stereocenters. The third-order valence-corrected chi connectivity index (χ3v) is 2.06. The van der Waals surface area contributed by atoms with Gasteiger partial charge < -0.3 is 27.0 Å². The Morgan fingerprint density at radius 3 is 2.11 bits per heavy atom. The largest absolute Gasteiger partial charge is 0.481 e. The smallest absolute Gasteiger partial charge is 0.328 e. The van der Waals surface area contributed by atoms with Crippen molar-refractivity contribution in [1.29, 1.82) is 0 Å². The summed E-state index contributed by atoms with van der Waals surface area (Å²) in [5.74, 6) is -4.20. The molecular weight excluding hydrogens is 246 g/mol. The minimum Gasteiger partial charge on any atom is -0.481 e. The minimum atomic E-state index is -1.71. The normalized spacial score (nSPS) is 13.4. The summed E-state index contributed by atoms with van der Waals surface area (Å²) in [4.78, 5) is 43.0. The van der Waals surface area contributed by atoms with Crippen molar-refractivity contribution in [3.8, 4) is 0 Å². The maximum absolute atomic E-state index is 11.3. The number of Topliss-reactive ketones (excluding diaryl/α,β-unsaturated/α-hetero) is 1. The van der Waals surface area contributed by atoms with E-state index >= 15 is 0 Å². The van der Waals surface area contributed by atoms with Crippen molar-refractivity contribution in [1.82, 2.24) is 5.32 Å². The van der Waals surface area contributed by atoms with Crippen LogP contribution in [0.15, 0.2) is 0 Å². The second kappa shape index (κ2) is 7.35. The number of amides is 1. The summed E-state index contributed by atoms with van der Waals surface area (Å²) < 4.78 is 0. The van der Waals surface area contributed by atoms with Crippen molar-refractivity contribution >= 4 is 23.6 Å². The minimum absolute atomic E-state index is 0.0830. The van der Waals surface area contributed by atoms with E-state index in [9.17, 15) is 19.2 Å². The summed E-state index contributed by atoms with van der Waals surface area (Å²) in [6.45, 7) is -0.562. The molecule has 2 atom stereocenters. The first kappa shape index (κ1) is 16.0. The molecular formula is C9H15N3O6. The number of aliphatic carboxylic acids is 2. The molecule has 18 heavy (non-hydrogen) atoms. The number of carboxylic acid groups (broad SMARTS) is 2. The molecule has 1 amide bonds. The average molecular weight is 261 g/mol. The predicted octanol–water partition coefficient (Wildman–Crippen LogP) is -2.72. The molecule has 0 spiro atoms.